The fourth-order valence-electron chi connectivity index (χ4n) is 2.18. The molecule has 0 saturated carbocycles. The predicted molar refractivity (Wildman–Crippen MR) is 74.7 cm³/mol. The van der Waals surface area contributed by atoms with Gasteiger partial charge in [-0.1, -0.05) is 6.42 Å². The number of carbonyl (C=O) groups excluding carboxylic acids is 2. The molecule has 0 aromatic heterocycles. The van der Waals surface area contributed by atoms with Gasteiger partial charge in [-0.15, -0.1) is 0 Å². The quantitative estimate of drug-likeness (QED) is 0.685. The van der Waals surface area contributed by atoms with Crippen molar-refractivity contribution in [2.45, 2.75) is 32.6 Å². The van der Waals surface area contributed by atoms with E-state index in [2.05, 4.69) is 5.32 Å². The molecule has 0 spiro atoms. The van der Waals surface area contributed by atoms with Crippen molar-refractivity contribution in [2.24, 2.45) is 5.73 Å². The Kier molecular flexibility index (Phi) is 7.25. The van der Waals surface area contributed by atoms with Gasteiger partial charge in [0.2, 0.25) is 5.91 Å². The second-order valence-corrected chi connectivity index (χ2v) is 4.80. The van der Waals surface area contributed by atoms with Gasteiger partial charge in [-0.3, -0.25) is 4.79 Å². The number of nitrogens with one attached hydrogen (secondary N) is 1. The highest BCUT2D eigenvalue weighted by Gasteiger charge is 2.23. The van der Waals surface area contributed by atoms with E-state index < -0.39 is 0 Å². The third-order valence-corrected chi connectivity index (χ3v) is 3.34. The van der Waals surface area contributed by atoms with Gasteiger partial charge in [0, 0.05) is 39.1 Å². The second-order valence-electron chi connectivity index (χ2n) is 4.80. The third-order valence-electron chi connectivity index (χ3n) is 3.34. The molecule has 0 aliphatic carbocycles. The van der Waals surface area contributed by atoms with Crippen molar-refractivity contribution in [1.29, 1.82) is 0 Å². The Morgan fingerprint density at radius 1 is 1.05 bits per heavy atom. The summed E-state index contributed by atoms with van der Waals surface area (Å²) in [6.45, 7) is 5.78. The van der Waals surface area contributed by atoms with Gasteiger partial charge in [-0.05, 0) is 26.3 Å². The summed E-state index contributed by atoms with van der Waals surface area (Å²) >= 11 is 0. The molecule has 1 aliphatic rings. The predicted octanol–water partition coefficient (Wildman–Crippen LogP) is 0.379. The Bertz CT molecular complexity index is 288. The van der Waals surface area contributed by atoms with Crippen molar-refractivity contribution < 1.29 is 9.59 Å². The molecule has 3 N–H and O–H groups in total. The van der Waals surface area contributed by atoms with E-state index in [4.69, 9.17) is 5.73 Å². The van der Waals surface area contributed by atoms with Crippen LogP contribution >= 0.6 is 0 Å². The zero-order valence-electron chi connectivity index (χ0n) is 11.9. The van der Waals surface area contributed by atoms with Gasteiger partial charge >= 0.3 is 6.03 Å². The molecule has 110 valence electrons. The highest BCUT2D eigenvalue weighted by molar-refractivity contribution is 5.77. The molecule has 19 heavy (non-hydrogen) atoms. The molecule has 0 aromatic carbocycles. The lowest BCUT2D eigenvalue weighted by molar-refractivity contribution is -0.132. The number of hydrogen-bond donors (Lipinski definition) is 2. The molecule has 1 heterocycles. The summed E-state index contributed by atoms with van der Waals surface area (Å²) in [6.07, 6.45) is 3.51. The Labute approximate surface area is 115 Å². The first-order valence-corrected chi connectivity index (χ1v) is 7.19. The average Bonchev–Trinajstić information content (AvgIpc) is 2.44. The molecule has 0 bridgehead atoms. The van der Waals surface area contributed by atoms with Crippen LogP contribution < -0.4 is 11.1 Å². The fraction of sp³-hybridized carbons (Fsp3) is 0.846. The Hall–Kier alpha value is -1.30. The number of carbonyl (C=O) groups is 2. The molecular weight excluding hydrogens is 244 g/mol. The van der Waals surface area contributed by atoms with Gasteiger partial charge in [0.25, 0.3) is 0 Å². The molecule has 1 aliphatic heterocycles. The van der Waals surface area contributed by atoms with E-state index in [1.165, 1.54) is 0 Å². The average molecular weight is 270 g/mol. The maximum atomic E-state index is 11.9. The molecule has 0 atom stereocenters. The lowest BCUT2D eigenvalue weighted by atomic mass is 10.1. The first-order chi connectivity index (χ1) is 9.19. The number of nitrogens with two attached hydrogens (primary N) is 1. The van der Waals surface area contributed by atoms with E-state index in [-0.39, 0.29) is 11.9 Å². The zero-order valence-corrected chi connectivity index (χ0v) is 11.9. The Morgan fingerprint density at radius 2 is 1.68 bits per heavy atom. The van der Waals surface area contributed by atoms with Gasteiger partial charge < -0.3 is 20.9 Å². The van der Waals surface area contributed by atoms with Gasteiger partial charge in [0.1, 0.15) is 0 Å². The summed E-state index contributed by atoms with van der Waals surface area (Å²) in [5, 5.41) is 2.78. The van der Waals surface area contributed by atoms with Crippen molar-refractivity contribution in [1.82, 2.24) is 15.1 Å². The van der Waals surface area contributed by atoms with Crippen LogP contribution in [0.25, 0.3) is 0 Å². The minimum Gasteiger partial charge on any atom is -0.339 e. The lowest BCUT2D eigenvalue weighted by Crippen LogP contribution is -2.53. The third kappa shape index (κ3) is 5.46. The SMILES string of the molecule is CCNC(=O)N1CCN(C(=O)CCCCCN)CC1. The Balaban J connectivity index is 2.21. The number of rotatable bonds is 6. The van der Waals surface area contributed by atoms with E-state index in [1.54, 1.807) is 4.90 Å². The summed E-state index contributed by atoms with van der Waals surface area (Å²) in [5.74, 6) is 0.201. The van der Waals surface area contributed by atoms with Gasteiger partial charge in [0.05, 0.1) is 0 Å². The molecule has 0 radical (unpaired) electrons. The number of unbranched alkanes of at least 4 members (excludes halogenated alkanes) is 2. The van der Waals surface area contributed by atoms with Crippen molar-refractivity contribution >= 4 is 11.9 Å². The summed E-state index contributed by atoms with van der Waals surface area (Å²) in [5.41, 5.74) is 5.42. The first kappa shape index (κ1) is 15.8. The van der Waals surface area contributed by atoms with Crippen LogP contribution in [-0.4, -0.2) is 61.0 Å². The van der Waals surface area contributed by atoms with Crippen molar-refractivity contribution in [3.63, 3.8) is 0 Å². The van der Waals surface area contributed by atoms with Gasteiger partial charge in [0.15, 0.2) is 0 Å². The van der Waals surface area contributed by atoms with Crippen LogP contribution in [0.2, 0.25) is 0 Å². The number of urea groups is 1. The van der Waals surface area contributed by atoms with Crippen LogP contribution in [0.1, 0.15) is 32.6 Å². The first-order valence-electron chi connectivity index (χ1n) is 7.19. The van der Waals surface area contributed by atoms with Crippen LogP contribution in [0.4, 0.5) is 4.79 Å². The standard InChI is InChI=1S/C13H26N4O2/c1-2-15-13(19)17-10-8-16(9-11-17)12(18)6-4-3-5-7-14/h2-11,14H2,1H3,(H,15,19). The summed E-state index contributed by atoms with van der Waals surface area (Å²) in [4.78, 5) is 27.2. The molecule has 6 nitrogen and oxygen atoms in total. The molecule has 3 amide bonds. The van der Waals surface area contributed by atoms with Crippen LogP contribution in [0, 0.1) is 0 Å². The fourth-order valence-corrected chi connectivity index (χ4v) is 2.18. The van der Waals surface area contributed by atoms with Crippen LogP contribution in [0.3, 0.4) is 0 Å². The largest absolute Gasteiger partial charge is 0.339 e. The van der Waals surface area contributed by atoms with Crippen molar-refractivity contribution in [3.05, 3.63) is 0 Å². The van der Waals surface area contributed by atoms with Gasteiger partial charge in [-0.25, -0.2) is 4.79 Å². The molecule has 1 fully saturated rings. The van der Waals surface area contributed by atoms with E-state index in [9.17, 15) is 9.59 Å². The van der Waals surface area contributed by atoms with E-state index in [0.717, 1.165) is 19.3 Å². The number of piperazine rings is 1. The molecule has 1 rings (SSSR count). The van der Waals surface area contributed by atoms with Gasteiger partial charge in [-0.2, -0.15) is 0 Å². The van der Waals surface area contributed by atoms with Crippen LogP contribution in [-0.2, 0) is 4.79 Å². The minimum atomic E-state index is -0.0301. The smallest absolute Gasteiger partial charge is 0.317 e. The maximum Gasteiger partial charge on any atom is 0.317 e. The van der Waals surface area contributed by atoms with Crippen molar-refractivity contribution in [2.75, 3.05) is 39.3 Å². The number of amides is 3. The Morgan fingerprint density at radius 3 is 2.26 bits per heavy atom. The normalized spacial score (nSPS) is 15.5. The molecular formula is C13H26N4O2. The van der Waals surface area contributed by atoms with E-state index in [1.807, 2.05) is 11.8 Å². The second kappa shape index (κ2) is 8.74. The van der Waals surface area contributed by atoms with Crippen LogP contribution in [0.5, 0.6) is 0 Å². The number of hydrogen-bond acceptors (Lipinski definition) is 3. The monoisotopic (exact) mass is 270 g/mol. The highest BCUT2D eigenvalue weighted by atomic mass is 16.2. The summed E-state index contributed by atoms with van der Waals surface area (Å²) in [6, 6.07) is -0.0301. The maximum absolute atomic E-state index is 11.9. The van der Waals surface area contributed by atoms with E-state index >= 15 is 0 Å². The van der Waals surface area contributed by atoms with E-state index in [0.29, 0.717) is 45.7 Å². The summed E-state index contributed by atoms with van der Waals surface area (Å²) < 4.78 is 0. The number of nitrogens with zero attached hydrogens (tertiary/aromatic N) is 2. The molecule has 6 heteroatoms. The zero-order chi connectivity index (χ0) is 14.1. The molecule has 0 unspecified atom stereocenters. The molecule has 0 aromatic rings. The summed E-state index contributed by atoms with van der Waals surface area (Å²) in [7, 11) is 0. The topological polar surface area (TPSA) is 78.7 Å². The van der Waals surface area contributed by atoms with Crippen LogP contribution in [0.15, 0.2) is 0 Å². The highest BCUT2D eigenvalue weighted by Crippen LogP contribution is 2.07. The molecule has 1 saturated heterocycles. The lowest BCUT2D eigenvalue weighted by Gasteiger charge is -2.34. The minimum absolute atomic E-state index is 0.0301. The van der Waals surface area contributed by atoms with Crippen molar-refractivity contribution in [3.8, 4) is 0 Å².